The highest BCUT2D eigenvalue weighted by molar-refractivity contribution is 5.93. The summed E-state index contributed by atoms with van der Waals surface area (Å²) in [5.41, 5.74) is 13.8. The summed E-state index contributed by atoms with van der Waals surface area (Å²) < 4.78 is 16.7. The Morgan fingerprint density at radius 2 is 1.94 bits per heavy atom. The molecule has 1 aliphatic heterocycles. The van der Waals surface area contributed by atoms with E-state index in [2.05, 4.69) is 38.1 Å². The van der Waals surface area contributed by atoms with Gasteiger partial charge >= 0.3 is 0 Å². The number of ether oxygens (including phenoxy) is 2. The van der Waals surface area contributed by atoms with E-state index in [9.17, 15) is 4.79 Å². The van der Waals surface area contributed by atoms with Gasteiger partial charge in [0.2, 0.25) is 18.4 Å². The van der Waals surface area contributed by atoms with Crippen LogP contribution in [0.15, 0.2) is 59.7 Å². The average Bonchev–Trinajstić information content (AvgIpc) is 3.62. The minimum atomic E-state index is -0.537. The molecule has 2 aromatic heterocycles. The van der Waals surface area contributed by atoms with E-state index in [4.69, 9.17) is 19.8 Å². The maximum absolute atomic E-state index is 13.1. The molecule has 0 bridgehead atoms. The van der Waals surface area contributed by atoms with Gasteiger partial charge in [0.15, 0.2) is 17.2 Å². The summed E-state index contributed by atoms with van der Waals surface area (Å²) in [6, 6.07) is 15.0. The highest BCUT2D eigenvalue weighted by Gasteiger charge is 2.25. The van der Waals surface area contributed by atoms with Gasteiger partial charge in [-0.1, -0.05) is 30.0 Å². The molecule has 4 aromatic rings. The van der Waals surface area contributed by atoms with Crippen molar-refractivity contribution in [1.29, 1.82) is 0 Å². The van der Waals surface area contributed by atoms with Crippen molar-refractivity contribution in [3.05, 3.63) is 72.1 Å². The number of hydrazine groups is 1. The Bertz CT molecular complexity index is 1380. The van der Waals surface area contributed by atoms with Crippen molar-refractivity contribution in [2.45, 2.75) is 6.54 Å². The van der Waals surface area contributed by atoms with Gasteiger partial charge in [-0.2, -0.15) is 4.68 Å². The maximum Gasteiger partial charge on any atom is 0.292 e. The minimum Gasteiger partial charge on any atom is -0.454 e. The number of anilines is 2. The van der Waals surface area contributed by atoms with E-state index in [1.165, 1.54) is 4.68 Å². The van der Waals surface area contributed by atoms with Crippen molar-refractivity contribution in [3.63, 3.8) is 0 Å². The molecule has 0 radical (unpaired) electrons. The molecule has 0 aliphatic carbocycles. The predicted molar refractivity (Wildman–Crippen MR) is 124 cm³/mol. The lowest BCUT2D eigenvalue weighted by Gasteiger charge is -2.20. The predicted octanol–water partition coefficient (Wildman–Crippen LogP) is 1.50. The lowest BCUT2D eigenvalue weighted by Crippen LogP contribution is -2.37. The molecule has 1 aliphatic rings. The van der Waals surface area contributed by atoms with Gasteiger partial charge in [0, 0.05) is 18.3 Å². The molecule has 0 saturated heterocycles. The SMILES string of the molecule is C=C(NNC(=O)c1nnn(-c2nonc2N)c1CN(C)c1ccccc1)c1ccc2c(c1)OCO2. The molecule has 35 heavy (non-hydrogen) atoms. The molecule has 178 valence electrons. The number of carbonyl (C=O) groups excluding carboxylic acids is 1. The number of nitrogen functional groups attached to an aromatic ring is 1. The molecule has 13 nitrogen and oxygen atoms in total. The molecule has 0 saturated carbocycles. The molecule has 1 amide bonds. The molecule has 5 rings (SSSR count). The fourth-order valence-corrected chi connectivity index (χ4v) is 3.47. The first-order valence-electron chi connectivity index (χ1n) is 10.5. The van der Waals surface area contributed by atoms with E-state index in [-0.39, 0.29) is 30.7 Å². The first-order valence-corrected chi connectivity index (χ1v) is 10.5. The summed E-state index contributed by atoms with van der Waals surface area (Å²) in [5.74, 6) is 0.857. The summed E-state index contributed by atoms with van der Waals surface area (Å²) in [5, 5.41) is 15.5. The number of benzene rings is 2. The van der Waals surface area contributed by atoms with Gasteiger partial charge in [-0.15, -0.1) is 5.10 Å². The van der Waals surface area contributed by atoms with E-state index in [1.807, 2.05) is 42.3 Å². The molecular formula is C22H21N9O4. The Morgan fingerprint density at radius 3 is 2.71 bits per heavy atom. The average molecular weight is 475 g/mol. The van der Waals surface area contributed by atoms with E-state index in [0.717, 1.165) is 5.69 Å². The summed E-state index contributed by atoms with van der Waals surface area (Å²) in [6.45, 7) is 4.39. The number of amides is 1. The van der Waals surface area contributed by atoms with Gasteiger partial charge < -0.3 is 20.1 Å². The number of nitrogens with two attached hydrogens (primary N) is 1. The molecular weight excluding hydrogens is 454 g/mol. The molecule has 3 heterocycles. The smallest absolute Gasteiger partial charge is 0.292 e. The molecule has 4 N–H and O–H groups in total. The quantitative estimate of drug-likeness (QED) is 0.317. The maximum atomic E-state index is 13.1. The van der Waals surface area contributed by atoms with Crippen molar-refractivity contribution in [2.75, 3.05) is 24.5 Å². The molecule has 0 atom stereocenters. The number of aromatic nitrogens is 5. The first kappa shape index (κ1) is 21.8. The zero-order valence-electron chi connectivity index (χ0n) is 18.6. The number of fused-ring (bicyclic) bond motifs is 1. The number of para-hydroxylation sites is 1. The van der Waals surface area contributed by atoms with Crippen LogP contribution in [-0.2, 0) is 6.54 Å². The van der Waals surface area contributed by atoms with Crippen LogP contribution in [0.1, 0.15) is 21.7 Å². The summed E-state index contributed by atoms with van der Waals surface area (Å²) in [7, 11) is 1.87. The Balaban J connectivity index is 1.37. The molecule has 0 spiro atoms. The van der Waals surface area contributed by atoms with E-state index in [0.29, 0.717) is 28.5 Å². The largest absolute Gasteiger partial charge is 0.454 e. The van der Waals surface area contributed by atoms with Crippen LogP contribution in [0.4, 0.5) is 11.5 Å². The van der Waals surface area contributed by atoms with Crippen LogP contribution in [0.5, 0.6) is 11.5 Å². The van der Waals surface area contributed by atoms with Gasteiger partial charge in [0.05, 0.1) is 17.9 Å². The van der Waals surface area contributed by atoms with Crippen molar-refractivity contribution in [3.8, 4) is 17.3 Å². The van der Waals surface area contributed by atoms with Gasteiger partial charge in [-0.3, -0.25) is 15.6 Å². The molecule has 0 unspecified atom stereocenters. The van der Waals surface area contributed by atoms with E-state index < -0.39 is 5.91 Å². The van der Waals surface area contributed by atoms with Crippen molar-refractivity contribution >= 4 is 23.1 Å². The Kier molecular flexibility index (Phi) is 5.63. The Morgan fingerprint density at radius 1 is 1.14 bits per heavy atom. The van der Waals surface area contributed by atoms with Crippen molar-refractivity contribution < 1.29 is 18.9 Å². The Hall–Kier alpha value is -5.07. The van der Waals surface area contributed by atoms with Crippen LogP contribution in [0, 0.1) is 0 Å². The molecule has 2 aromatic carbocycles. The second-order valence-electron chi connectivity index (χ2n) is 7.59. The third-order valence-corrected chi connectivity index (χ3v) is 5.31. The van der Waals surface area contributed by atoms with Crippen LogP contribution in [0.25, 0.3) is 11.5 Å². The van der Waals surface area contributed by atoms with E-state index in [1.54, 1.807) is 18.2 Å². The Labute approximate surface area is 199 Å². The van der Waals surface area contributed by atoms with Crippen LogP contribution in [0.2, 0.25) is 0 Å². The summed E-state index contributed by atoms with van der Waals surface area (Å²) >= 11 is 0. The highest BCUT2D eigenvalue weighted by atomic mass is 16.7. The lowest BCUT2D eigenvalue weighted by atomic mass is 10.1. The standard InChI is InChI=1S/C22H21N9O4/c1-13(14-8-9-17-18(10-14)34-12-33-17)24-26-22(32)19-16(11-30(2)15-6-4-3-5-7-15)31(29-25-19)21-20(23)27-35-28-21/h3-10,24H,1,11-12H2,2H3,(H2,23,27)(H,26,32). The van der Waals surface area contributed by atoms with Gasteiger partial charge in [0.1, 0.15) is 0 Å². The topological polar surface area (TPSA) is 158 Å². The monoisotopic (exact) mass is 475 g/mol. The van der Waals surface area contributed by atoms with Crippen LogP contribution < -0.4 is 31.0 Å². The van der Waals surface area contributed by atoms with Crippen LogP contribution >= 0.6 is 0 Å². The fraction of sp³-hybridized carbons (Fsp3) is 0.136. The zero-order valence-corrected chi connectivity index (χ0v) is 18.6. The number of carbonyl (C=O) groups is 1. The first-order chi connectivity index (χ1) is 17.0. The fourth-order valence-electron chi connectivity index (χ4n) is 3.47. The number of nitrogens with one attached hydrogen (secondary N) is 2. The van der Waals surface area contributed by atoms with Crippen LogP contribution in [-0.4, -0.2) is 45.1 Å². The van der Waals surface area contributed by atoms with Crippen LogP contribution in [0.3, 0.4) is 0 Å². The van der Waals surface area contributed by atoms with Gasteiger partial charge in [-0.05, 0) is 40.6 Å². The van der Waals surface area contributed by atoms with Crippen molar-refractivity contribution in [2.24, 2.45) is 0 Å². The van der Waals surface area contributed by atoms with Gasteiger partial charge in [0.25, 0.3) is 5.91 Å². The number of nitrogens with zero attached hydrogens (tertiary/aromatic N) is 6. The summed E-state index contributed by atoms with van der Waals surface area (Å²) in [6.07, 6.45) is 0. The third-order valence-electron chi connectivity index (χ3n) is 5.31. The lowest BCUT2D eigenvalue weighted by molar-refractivity contribution is 0.0936. The third kappa shape index (κ3) is 4.29. The number of hydrogen-bond acceptors (Lipinski definition) is 11. The minimum absolute atomic E-state index is 0.0137. The number of hydrogen-bond donors (Lipinski definition) is 3. The molecule has 13 heteroatoms. The second-order valence-corrected chi connectivity index (χ2v) is 7.59. The normalized spacial score (nSPS) is 11.8. The zero-order chi connectivity index (χ0) is 24.4. The van der Waals surface area contributed by atoms with Crippen molar-refractivity contribution in [1.82, 2.24) is 36.2 Å². The molecule has 0 fully saturated rings. The second kappa shape index (κ2) is 9.05. The van der Waals surface area contributed by atoms with Gasteiger partial charge in [-0.25, -0.2) is 4.63 Å². The summed E-state index contributed by atoms with van der Waals surface area (Å²) in [4.78, 5) is 15.0. The number of rotatable bonds is 8. The highest BCUT2D eigenvalue weighted by Crippen LogP contribution is 2.33. The van der Waals surface area contributed by atoms with E-state index >= 15 is 0 Å².